The molecule has 4 nitrogen and oxygen atoms in total. The van der Waals surface area contributed by atoms with Gasteiger partial charge in [-0.1, -0.05) is 12.1 Å². The molecule has 0 radical (unpaired) electrons. The van der Waals surface area contributed by atoms with Crippen molar-refractivity contribution in [1.82, 2.24) is 0 Å². The van der Waals surface area contributed by atoms with Crippen molar-refractivity contribution < 1.29 is 18.3 Å². The third kappa shape index (κ3) is 2.99. The standard InChI is InChI=1S/C10H12O4S2/c1-15-6-7-16(13,14)9-5-3-2-4-8(9)10(11)12/h2-5H,6-7H2,1H3,(H,11,12). The summed E-state index contributed by atoms with van der Waals surface area (Å²) >= 11 is 1.41. The van der Waals surface area contributed by atoms with E-state index in [9.17, 15) is 13.2 Å². The van der Waals surface area contributed by atoms with Crippen LogP contribution in [0.15, 0.2) is 29.2 Å². The van der Waals surface area contributed by atoms with Crippen molar-refractivity contribution in [3.63, 3.8) is 0 Å². The van der Waals surface area contributed by atoms with E-state index in [4.69, 9.17) is 5.11 Å². The first-order valence-electron chi connectivity index (χ1n) is 4.53. The van der Waals surface area contributed by atoms with Crippen LogP contribution in [0, 0.1) is 0 Å². The highest BCUT2D eigenvalue weighted by atomic mass is 32.2. The van der Waals surface area contributed by atoms with Gasteiger partial charge in [0.15, 0.2) is 9.84 Å². The van der Waals surface area contributed by atoms with E-state index < -0.39 is 15.8 Å². The minimum atomic E-state index is -3.50. The highest BCUT2D eigenvalue weighted by molar-refractivity contribution is 8.00. The molecule has 0 saturated carbocycles. The Morgan fingerprint density at radius 1 is 1.38 bits per heavy atom. The Hall–Kier alpha value is -1.01. The number of carboxylic acid groups (broad SMARTS) is 1. The fourth-order valence-corrected chi connectivity index (χ4v) is 3.76. The van der Waals surface area contributed by atoms with Gasteiger partial charge in [-0.3, -0.25) is 0 Å². The van der Waals surface area contributed by atoms with E-state index in [0.29, 0.717) is 5.75 Å². The van der Waals surface area contributed by atoms with Gasteiger partial charge in [0.1, 0.15) is 0 Å². The quantitative estimate of drug-likeness (QED) is 0.869. The largest absolute Gasteiger partial charge is 0.478 e. The summed E-state index contributed by atoms with van der Waals surface area (Å²) in [5, 5.41) is 8.88. The van der Waals surface area contributed by atoms with Gasteiger partial charge in [0, 0.05) is 5.75 Å². The summed E-state index contributed by atoms with van der Waals surface area (Å²) in [6.45, 7) is 0. The highest BCUT2D eigenvalue weighted by Gasteiger charge is 2.21. The first kappa shape index (κ1) is 13.1. The molecule has 0 amide bonds. The number of benzene rings is 1. The number of thioether (sulfide) groups is 1. The molecular formula is C10H12O4S2. The fraction of sp³-hybridized carbons (Fsp3) is 0.300. The fourth-order valence-electron chi connectivity index (χ4n) is 1.22. The number of aromatic carboxylic acids is 1. The number of hydrogen-bond donors (Lipinski definition) is 1. The number of carbonyl (C=O) groups is 1. The minimum absolute atomic E-state index is 0.0432. The van der Waals surface area contributed by atoms with Gasteiger partial charge < -0.3 is 5.11 Å². The predicted molar refractivity (Wildman–Crippen MR) is 63.8 cm³/mol. The van der Waals surface area contributed by atoms with Gasteiger partial charge in [-0.25, -0.2) is 13.2 Å². The lowest BCUT2D eigenvalue weighted by Gasteiger charge is -2.06. The van der Waals surface area contributed by atoms with Gasteiger partial charge in [-0.2, -0.15) is 11.8 Å². The van der Waals surface area contributed by atoms with Crippen LogP contribution in [0.5, 0.6) is 0 Å². The van der Waals surface area contributed by atoms with Gasteiger partial charge in [0.25, 0.3) is 0 Å². The lowest BCUT2D eigenvalue weighted by Crippen LogP contribution is -2.13. The summed E-state index contributed by atoms with van der Waals surface area (Å²) in [6.07, 6.45) is 1.80. The van der Waals surface area contributed by atoms with Crippen molar-refractivity contribution in [2.45, 2.75) is 4.90 Å². The molecule has 0 spiro atoms. The third-order valence-electron chi connectivity index (χ3n) is 2.01. The maximum absolute atomic E-state index is 11.8. The molecule has 6 heteroatoms. The Bertz CT molecular complexity index is 479. The smallest absolute Gasteiger partial charge is 0.337 e. The van der Waals surface area contributed by atoms with Crippen molar-refractivity contribution in [2.24, 2.45) is 0 Å². The lowest BCUT2D eigenvalue weighted by atomic mass is 10.2. The molecule has 0 unspecified atom stereocenters. The van der Waals surface area contributed by atoms with E-state index in [1.165, 1.54) is 36.0 Å². The molecule has 0 bridgehead atoms. The second-order valence-corrected chi connectivity index (χ2v) is 6.18. The van der Waals surface area contributed by atoms with Crippen molar-refractivity contribution in [3.8, 4) is 0 Å². The topological polar surface area (TPSA) is 71.4 Å². The summed E-state index contributed by atoms with van der Waals surface area (Å²) in [4.78, 5) is 10.8. The van der Waals surface area contributed by atoms with Crippen LogP contribution in [0.4, 0.5) is 0 Å². The van der Waals surface area contributed by atoms with Crippen LogP contribution in [0.25, 0.3) is 0 Å². The molecule has 1 aromatic rings. The molecule has 0 saturated heterocycles. The average molecular weight is 260 g/mol. The zero-order valence-electron chi connectivity index (χ0n) is 8.71. The molecule has 0 aliphatic carbocycles. The van der Waals surface area contributed by atoms with E-state index in [1.54, 1.807) is 6.26 Å². The van der Waals surface area contributed by atoms with Crippen LogP contribution in [-0.4, -0.2) is 37.3 Å². The van der Waals surface area contributed by atoms with Crippen LogP contribution in [0.2, 0.25) is 0 Å². The molecule has 0 aliphatic rings. The number of rotatable bonds is 5. The predicted octanol–water partition coefficient (Wildman–Crippen LogP) is 1.52. The average Bonchev–Trinajstić information content (AvgIpc) is 2.26. The van der Waals surface area contributed by atoms with Gasteiger partial charge in [-0.05, 0) is 18.4 Å². The molecule has 0 fully saturated rings. The van der Waals surface area contributed by atoms with Crippen molar-refractivity contribution in [3.05, 3.63) is 29.8 Å². The highest BCUT2D eigenvalue weighted by Crippen LogP contribution is 2.17. The minimum Gasteiger partial charge on any atom is -0.478 e. The second-order valence-electron chi connectivity index (χ2n) is 3.11. The summed E-state index contributed by atoms with van der Waals surface area (Å²) in [5.41, 5.74) is -0.163. The van der Waals surface area contributed by atoms with E-state index >= 15 is 0 Å². The van der Waals surface area contributed by atoms with Gasteiger partial charge in [0.2, 0.25) is 0 Å². The van der Waals surface area contributed by atoms with E-state index in [1.807, 2.05) is 0 Å². The number of carboxylic acids is 1. The van der Waals surface area contributed by atoms with Crippen LogP contribution >= 0.6 is 11.8 Å². The third-order valence-corrected chi connectivity index (χ3v) is 4.65. The SMILES string of the molecule is CSCCS(=O)(=O)c1ccccc1C(=O)O. The number of hydrogen-bond acceptors (Lipinski definition) is 4. The molecule has 0 atom stereocenters. The molecule has 0 heterocycles. The molecule has 1 rings (SSSR count). The molecule has 16 heavy (non-hydrogen) atoms. The second kappa shape index (κ2) is 5.36. The molecule has 1 N–H and O–H groups in total. The summed E-state index contributed by atoms with van der Waals surface area (Å²) in [5.74, 6) is -0.808. The maximum atomic E-state index is 11.8. The zero-order valence-corrected chi connectivity index (χ0v) is 10.3. The monoisotopic (exact) mass is 260 g/mol. The lowest BCUT2D eigenvalue weighted by molar-refractivity contribution is 0.0692. The normalized spacial score (nSPS) is 11.3. The van der Waals surface area contributed by atoms with Gasteiger partial charge >= 0.3 is 5.97 Å². The Morgan fingerprint density at radius 3 is 2.56 bits per heavy atom. The Balaban J connectivity index is 3.17. The van der Waals surface area contributed by atoms with Crippen LogP contribution in [0.3, 0.4) is 0 Å². The van der Waals surface area contributed by atoms with Crippen molar-refractivity contribution in [1.29, 1.82) is 0 Å². The zero-order chi connectivity index (χ0) is 12.2. The van der Waals surface area contributed by atoms with E-state index in [-0.39, 0.29) is 16.2 Å². The maximum Gasteiger partial charge on any atom is 0.337 e. The summed E-state index contributed by atoms with van der Waals surface area (Å²) < 4.78 is 23.7. The van der Waals surface area contributed by atoms with Gasteiger partial charge in [-0.15, -0.1) is 0 Å². The van der Waals surface area contributed by atoms with Crippen LogP contribution in [-0.2, 0) is 9.84 Å². The van der Waals surface area contributed by atoms with E-state index in [0.717, 1.165) is 0 Å². The van der Waals surface area contributed by atoms with Gasteiger partial charge in [0.05, 0.1) is 16.2 Å². The Morgan fingerprint density at radius 2 is 2.00 bits per heavy atom. The first-order valence-corrected chi connectivity index (χ1v) is 7.57. The van der Waals surface area contributed by atoms with Crippen molar-refractivity contribution >= 4 is 27.6 Å². The molecule has 1 aromatic carbocycles. The molecule has 0 aromatic heterocycles. The Kier molecular flexibility index (Phi) is 4.37. The summed E-state index contributed by atoms with van der Waals surface area (Å²) in [7, 11) is -3.50. The van der Waals surface area contributed by atoms with E-state index in [2.05, 4.69) is 0 Å². The first-order chi connectivity index (χ1) is 7.49. The van der Waals surface area contributed by atoms with Crippen LogP contribution in [0.1, 0.15) is 10.4 Å². The molecule has 0 aliphatic heterocycles. The number of sulfone groups is 1. The summed E-state index contributed by atoms with van der Waals surface area (Å²) in [6, 6.07) is 5.67. The molecule has 88 valence electrons. The van der Waals surface area contributed by atoms with Crippen molar-refractivity contribution in [2.75, 3.05) is 17.8 Å². The Labute approximate surface area is 98.6 Å². The van der Waals surface area contributed by atoms with Crippen LogP contribution < -0.4 is 0 Å². The molecular weight excluding hydrogens is 248 g/mol.